The van der Waals surface area contributed by atoms with Crippen LogP contribution >= 0.6 is 15.9 Å². The monoisotopic (exact) mass is 391 g/mol. The summed E-state index contributed by atoms with van der Waals surface area (Å²) in [5.74, 6) is -1.53. The predicted molar refractivity (Wildman–Crippen MR) is 90.3 cm³/mol. The van der Waals surface area contributed by atoms with Gasteiger partial charge in [0, 0.05) is 4.47 Å². The van der Waals surface area contributed by atoms with Crippen molar-refractivity contribution in [2.24, 2.45) is 0 Å². The second-order valence-corrected chi connectivity index (χ2v) is 6.00. The molecule has 0 radical (unpaired) electrons. The summed E-state index contributed by atoms with van der Waals surface area (Å²) in [4.78, 5) is 12.4. The number of halogens is 3. The van der Waals surface area contributed by atoms with Crippen LogP contribution in [-0.4, -0.2) is 15.7 Å². The lowest BCUT2D eigenvalue weighted by molar-refractivity contribution is 0.102. The summed E-state index contributed by atoms with van der Waals surface area (Å²) < 4.78 is 29.6. The Balaban J connectivity index is 1.91. The Morgan fingerprint density at radius 1 is 1.17 bits per heavy atom. The molecule has 0 atom stereocenters. The lowest BCUT2D eigenvalue weighted by atomic mass is 10.2. The van der Waals surface area contributed by atoms with Gasteiger partial charge in [-0.15, -0.1) is 0 Å². The minimum atomic E-state index is -0.558. The van der Waals surface area contributed by atoms with Gasteiger partial charge in [-0.1, -0.05) is 28.1 Å². The summed E-state index contributed by atoms with van der Waals surface area (Å²) in [6, 6.07) is 10.4. The van der Waals surface area contributed by atoms with E-state index in [0.29, 0.717) is 10.2 Å². The van der Waals surface area contributed by atoms with E-state index in [1.165, 1.54) is 29.1 Å². The van der Waals surface area contributed by atoms with E-state index in [2.05, 4.69) is 26.3 Å². The largest absolute Gasteiger partial charge is 0.319 e. The van der Waals surface area contributed by atoms with Gasteiger partial charge >= 0.3 is 0 Å². The number of carbonyl (C=O) groups excluding carboxylic acids is 1. The molecule has 24 heavy (non-hydrogen) atoms. The molecule has 3 aromatic rings. The first-order valence-electron chi connectivity index (χ1n) is 7.03. The molecule has 0 aliphatic rings. The Morgan fingerprint density at radius 2 is 1.92 bits per heavy atom. The molecular weight excluding hydrogens is 380 g/mol. The number of nitrogens with one attached hydrogen (secondary N) is 1. The molecular formula is C17H12BrF2N3O. The van der Waals surface area contributed by atoms with E-state index < -0.39 is 17.5 Å². The number of aromatic nitrogens is 2. The summed E-state index contributed by atoms with van der Waals surface area (Å²) >= 11 is 3.15. The number of hydrogen-bond acceptors (Lipinski definition) is 2. The molecule has 0 aliphatic heterocycles. The Hall–Kier alpha value is -2.54. The fraction of sp³-hybridized carbons (Fsp3) is 0.0588. The van der Waals surface area contributed by atoms with Gasteiger partial charge in [-0.3, -0.25) is 4.79 Å². The molecule has 0 saturated carbocycles. The molecule has 0 bridgehead atoms. The number of amides is 1. The van der Waals surface area contributed by atoms with E-state index in [4.69, 9.17) is 0 Å². The number of nitrogens with zero attached hydrogens (tertiary/aromatic N) is 2. The zero-order valence-electron chi connectivity index (χ0n) is 12.6. The maximum Gasteiger partial charge on any atom is 0.259 e. The van der Waals surface area contributed by atoms with Crippen molar-refractivity contribution in [2.45, 2.75) is 6.92 Å². The number of hydrogen-bond donors (Lipinski definition) is 1. The molecule has 0 fully saturated rings. The first-order valence-corrected chi connectivity index (χ1v) is 7.82. The summed E-state index contributed by atoms with van der Waals surface area (Å²) in [5, 5.41) is 6.55. The summed E-state index contributed by atoms with van der Waals surface area (Å²) in [7, 11) is 0. The maximum absolute atomic E-state index is 13.9. The molecule has 1 aromatic heterocycles. The predicted octanol–water partition coefficient (Wildman–Crippen LogP) is 4.47. The van der Waals surface area contributed by atoms with Crippen LogP contribution in [-0.2, 0) is 0 Å². The molecule has 1 amide bonds. The van der Waals surface area contributed by atoms with Crippen LogP contribution in [0.3, 0.4) is 0 Å². The lowest BCUT2D eigenvalue weighted by Crippen LogP contribution is -2.14. The van der Waals surface area contributed by atoms with Crippen LogP contribution in [0, 0.1) is 18.6 Å². The quantitative estimate of drug-likeness (QED) is 0.715. The van der Waals surface area contributed by atoms with Gasteiger partial charge in [0.05, 0.1) is 23.1 Å². The maximum atomic E-state index is 13.9. The first-order chi connectivity index (χ1) is 11.5. The van der Waals surface area contributed by atoms with Gasteiger partial charge < -0.3 is 5.32 Å². The molecule has 0 saturated heterocycles. The second-order valence-electron chi connectivity index (χ2n) is 5.09. The van der Waals surface area contributed by atoms with Crippen LogP contribution in [0.5, 0.6) is 0 Å². The SMILES string of the molecule is Cc1c(C(=O)Nc2ccc(Br)cc2F)cnn1-c1ccccc1F. The van der Waals surface area contributed by atoms with E-state index in [0.717, 1.165) is 0 Å². The Kier molecular flexibility index (Phi) is 4.44. The molecule has 0 unspecified atom stereocenters. The van der Waals surface area contributed by atoms with Gasteiger partial charge in [-0.25, -0.2) is 13.5 Å². The normalized spacial score (nSPS) is 10.7. The third-order valence-electron chi connectivity index (χ3n) is 3.51. The molecule has 0 aliphatic carbocycles. The number of anilines is 1. The van der Waals surface area contributed by atoms with Crippen LogP contribution in [0.2, 0.25) is 0 Å². The average Bonchev–Trinajstić information content (AvgIpc) is 2.92. The lowest BCUT2D eigenvalue weighted by Gasteiger charge is -2.08. The molecule has 7 heteroatoms. The molecule has 1 N–H and O–H groups in total. The minimum Gasteiger partial charge on any atom is -0.319 e. The van der Waals surface area contributed by atoms with Crippen LogP contribution in [0.1, 0.15) is 16.1 Å². The zero-order valence-corrected chi connectivity index (χ0v) is 14.1. The highest BCUT2D eigenvalue weighted by atomic mass is 79.9. The van der Waals surface area contributed by atoms with Crippen molar-refractivity contribution in [3.05, 3.63) is 76.0 Å². The van der Waals surface area contributed by atoms with Crippen LogP contribution in [0.15, 0.2) is 53.1 Å². The van der Waals surface area contributed by atoms with E-state index in [9.17, 15) is 13.6 Å². The fourth-order valence-electron chi connectivity index (χ4n) is 2.28. The van der Waals surface area contributed by atoms with E-state index >= 15 is 0 Å². The van der Waals surface area contributed by atoms with Crippen molar-refractivity contribution in [2.75, 3.05) is 5.32 Å². The van der Waals surface area contributed by atoms with Crippen molar-refractivity contribution >= 4 is 27.5 Å². The summed E-state index contributed by atoms with van der Waals surface area (Å²) in [6.07, 6.45) is 1.33. The van der Waals surface area contributed by atoms with Gasteiger partial charge in [0.25, 0.3) is 5.91 Å². The number of rotatable bonds is 3. The number of benzene rings is 2. The fourth-order valence-corrected chi connectivity index (χ4v) is 2.61. The highest BCUT2D eigenvalue weighted by Gasteiger charge is 2.18. The van der Waals surface area contributed by atoms with Crippen molar-refractivity contribution < 1.29 is 13.6 Å². The highest BCUT2D eigenvalue weighted by molar-refractivity contribution is 9.10. The van der Waals surface area contributed by atoms with Gasteiger partial charge in [0.15, 0.2) is 0 Å². The second kappa shape index (κ2) is 6.52. The summed E-state index contributed by atoms with van der Waals surface area (Å²) in [5.41, 5.74) is 0.987. The molecule has 0 spiro atoms. The third kappa shape index (κ3) is 3.07. The minimum absolute atomic E-state index is 0.0567. The van der Waals surface area contributed by atoms with Crippen molar-refractivity contribution in [3.8, 4) is 5.69 Å². The smallest absolute Gasteiger partial charge is 0.259 e. The molecule has 4 nitrogen and oxygen atoms in total. The Morgan fingerprint density at radius 3 is 2.62 bits per heavy atom. The van der Waals surface area contributed by atoms with Gasteiger partial charge in [0.2, 0.25) is 0 Å². The van der Waals surface area contributed by atoms with E-state index in [-0.39, 0.29) is 16.9 Å². The third-order valence-corrected chi connectivity index (χ3v) is 4.01. The van der Waals surface area contributed by atoms with Crippen molar-refractivity contribution in [1.82, 2.24) is 9.78 Å². The summed E-state index contributed by atoms with van der Waals surface area (Å²) in [6.45, 7) is 1.65. The number of carbonyl (C=O) groups is 1. The van der Waals surface area contributed by atoms with Crippen molar-refractivity contribution in [3.63, 3.8) is 0 Å². The van der Waals surface area contributed by atoms with E-state index in [1.54, 1.807) is 31.2 Å². The van der Waals surface area contributed by atoms with Crippen molar-refractivity contribution in [1.29, 1.82) is 0 Å². The average molecular weight is 392 g/mol. The number of para-hydroxylation sites is 1. The van der Waals surface area contributed by atoms with Gasteiger partial charge in [-0.2, -0.15) is 5.10 Å². The zero-order chi connectivity index (χ0) is 17.3. The van der Waals surface area contributed by atoms with Crippen LogP contribution in [0.4, 0.5) is 14.5 Å². The Bertz CT molecular complexity index is 924. The van der Waals surface area contributed by atoms with Crippen LogP contribution < -0.4 is 5.32 Å². The van der Waals surface area contributed by atoms with Crippen LogP contribution in [0.25, 0.3) is 5.69 Å². The topological polar surface area (TPSA) is 46.9 Å². The molecule has 1 heterocycles. The van der Waals surface area contributed by atoms with E-state index in [1.807, 2.05) is 0 Å². The molecule has 2 aromatic carbocycles. The van der Waals surface area contributed by atoms with Gasteiger partial charge in [0.1, 0.15) is 17.3 Å². The molecule has 3 rings (SSSR count). The van der Waals surface area contributed by atoms with Gasteiger partial charge in [-0.05, 0) is 37.3 Å². The highest BCUT2D eigenvalue weighted by Crippen LogP contribution is 2.21. The molecule has 122 valence electrons. The Labute approximate surface area is 145 Å². The standard InChI is InChI=1S/C17H12BrF2N3O/c1-10-12(9-21-23(10)16-5-3-2-4-13(16)19)17(24)22-15-7-6-11(18)8-14(15)20/h2-9H,1H3,(H,22,24). The first kappa shape index (κ1) is 16.3.